The van der Waals surface area contributed by atoms with Gasteiger partial charge in [0.25, 0.3) is 5.91 Å². The Kier molecular flexibility index (Phi) is 5.41. The van der Waals surface area contributed by atoms with Gasteiger partial charge in [0, 0.05) is 12.6 Å². The average Bonchev–Trinajstić information content (AvgIpc) is 3.05. The maximum Gasteiger partial charge on any atom is 0.275 e. The van der Waals surface area contributed by atoms with E-state index in [9.17, 15) is 4.79 Å². The highest BCUT2D eigenvalue weighted by molar-refractivity contribution is 6.02. The second-order valence-corrected chi connectivity index (χ2v) is 5.72. The molecular formula is C19H20N4O2. The van der Waals surface area contributed by atoms with E-state index in [1.54, 1.807) is 25.3 Å². The first-order valence-corrected chi connectivity index (χ1v) is 8.19. The summed E-state index contributed by atoms with van der Waals surface area (Å²) in [5.74, 6) is 0.703. The van der Waals surface area contributed by atoms with Crippen molar-refractivity contribution in [3.63, 3.8) is 0 Å². The number of aromatic nitrogens is 2. The van der Waals surface area contributed by atoms with Crippen molar-refractivity contribution < 1.29 is 9.32 Å². The van der Waals surface area contributed by atoms with Crippen molar-refractivity contribution in [3.05, 3.63) is 71.7 Å². The van der Waals surface area contributed by atoms with Gasteiger partial charge in [0.2, 0.25) is 0 Å². The molecule has 0 fully saturated rings. The minimum Gasteiger partial charge on any atom is -0.384 e. The van der Waals surface area contributed by atoms with Crippen molar-refractivity contribution in [2.24, 2.45) is 0 Å². The number of benzene rings is 1. The van der Waals surface area contributed by atoms with Gasteiger partial charge >= 0.3 is 0 Å². The smallest absolute Gasteiger partial charge is 0.275 e. The molecule has 2 aromatic heterocycles. The van der Waals surface area contributed by atoms with Gasteiger partial charge in [0.1, 0.15) is 11.5 Å². The van der Waals surface area contributed by atoms with Crippen LogP contribution in [0.25, 0.3) is 0 Å². The van der Waals surface area contributed by atoms with Crippen LogP contribution in [0.3, 0.4) is 0 Å². The summed E-state index contributed by atoms with van der Waals surface area (Å²) in [5, 5.41) is 9.68. The molecule has 3 aromatic rings. The van der Waals surface area contributed by atoms with Crippen molar-refractivity contribution in [2.75, 3.05) is 17.2 Å². The monoisotopic (exact) mass is 336 g/mol. The molecule has 2 N–H and O–H groups in total. The molecule has 1 aromatic carbocycles. The summed E-state index contributed by atoms with van der Waals surface area (Å²) in [6, 6.07) is 15.6. The second kappa shape index (κ2) is 8.10. The van der Waals surface area contributed by atoms with Gasteiger partial charge in [-0.15, -0.1) is 0 Å². The van der Waals surface area contributed by atoms with Crippen LogP contribution in [-0.4, -0.2) is 22.6 Å². The number of hydrogen-bond donors (Lipinski definition) is 2. The fourth-order valence-electron chi connectivity index (χ4n) is 2.41. The highest BCUT2D eigenvalue weighted by atomic mass is 16.5. The Morgan fingerprint density at radius 2 is 2.00 bits per heavy atom. The predicted octanol–water partition coefficient (Wildman–Crippen LogP) is 3.68. The first-order chi connectivity index (χ1) is 12.2. The van der Waals surface area contributed by atoms with Gasteiger partial charge in [-0.2, -0.15) is 0 Å². The first-order valence-electron chi connectivity index (χ1n) is 8.19. The lowest BCUT2D eigenvalue weighted by molar-refractivity contribution is 0.102. The molecule has 128 valence electrons. The molecule has 0 radical (unpaired) electrons. The Labute approximate surface area is 146 Å². The number of amides is 1. The lowest BCUT2D eigenvalue weighted by Crippen LogP contribution is -2.14. The van der Waals surface area contributed by atoms with E-state index in [4.69, 9.17) is 4.52 Å². The normalized spacial score (nSPS) is 10.4. The zero-order chi connectivity index (χ0) is 17.5. The largest absolute Gasteiger partial charge is 0.384 e. The van der Waals surface area contributed by atoms with Gasteiger partial charge in [0.05, 0.1) is 11.9 Å². The topological polar surface area (TPSA) is 80.0 Å². The standard InChI is InChI=1S/C19H20N4O2/c1-14-12-18(23-25-14)22-19(24)17-10-9-16(13-21-17)20-11-5-8-15-6-3-2-4-7-15/h2-4,6-7,9-10,12-13,20H,5,8,11H2,1H3,(H,22,23,24). The molecule has 0 bridgehead atoms. The van der Waals surface area contributed by atoms with Gasteiger partial charge in [-0.05, 0) is 37.5 Å². The van der Waals surface area contributed by atoms with E-state index in [0.29, 0.717) is 17.3 Å². The molecular weight excluding hydrogens is 316 g/mol. The van der Waals surface area contributed by atoms with Crippen LogP contribution in [0.4, 0.5) is 11.5 Å². The summed E-state index contributed by atoms with van der Waals surface area (Å²) in [5.41, 5.74) is 2.55. The average molecular weight is 336 g/mol. The van der Waals surface area contributed by atoms with Crippen LogP contribution >= 0.6 is 0 Å². The Hall–Kier alpha value is -3.15. The molecule has 0 spiro atoms. The molecule has 6 heteroatoms. The number of carbonyl (C=O) groups is 1. The summed E-state index contributed by atoms with van der Waals surface area (Å²) in [6.07, 6.45) is 3.71. The first kappa shape index (κ1) is 16.7. The molecule has 3 rings (SSSR count). The van der Waals surface area contributed by atoms with Crippen molar-refractivity contribution in [3.8, 4) is 0 Å². The maximum absolute atomic E-state index is 12.1. The quantitative estimate of drug-likeness (QED) is 0.643. The predicted molar refractivity (Wildman–Crippen MR) is 96.7 cm³/mol. The summed E-state index contributed by atoms with van der Waals surface area (Å²) in [4.78, 5) is 16.3. The third-order valence-corrected chi connectivity index (χ3v) is 3.68. The summed E-state index contributed by atoms with van der Waals surface area (Å²) < 4.78 is 4.91. The van der Waals surface area contributed by atoms with Crippen molar-refractivity contribution in [2.45, 2.75) is 19.8 Å². The molecule has 6 nitrogen and oxygen atoms in total. The Bertz CT molecular complexity index is 813. The fraction of sp³-hybridized carbons (Fsp3) is 0.211. The molecule has 0 unspecified atom stereocenters. The maximum atomic E-state index is 12.1. The number of aryl methyl sites for hydroxylation is 2. The molecule has 0 aliphatic rings. The van der Waals surface area contributed by atoms with E-state index < -0.39 is 0 Å². The number of pyridine rings is 1. The molecule has 0 saturated carbocycles. The fourth-order valence-corrected chi connectivity index (χ4v) is 2.41. The van der Waals surface area contributed by atoms with Gasteiger partial charge < -0.3 is 15.2 Å². The van der Waals surface area contributed by atoms with E-state index in [0.717, 1.165) is 25.1 Å². The van der Waals surface area contributed by atoms with Crippen molar-refractivity contribution >= 4 is 17.4 Å². The van der Waals surface area contributed by atoms with Crippen LogP contribution in [0.1, 0.15) is 28.2 Å². The van der Waals surface area contributed by atoms with Crippen LogP contribution in [-0.2, 0) is 6.42 Å². The summed E-state index contributed by atoms with van der Waals surface area (Å²) in [7, 11) is 0. The molecule has 2 heterocycles. The highest BCUT2D eigenvalue weighted by Gasteiger charge is 2.10. The molecule has 0 saturated heterocycles. The van der Waals surface area contributed by atoms with E-state index in [1.165, 1.54) is 5.56 Å². The number of nitrogens with one attached hydrogen (secondary N) is 2. The van der Waals surface area contributed by atoms with Crippen LogP contribution in [0, 0.1) is 6.92 Å². The van der Waals surface area contributed by atoms with E-state index >= 15 is 0 Å². The zero-order valence-corrected chi connectivity index (χ0v) is 14.0. The van der Waals surface area contributed by atoms with Crippen LogP contribution in [0.5, 0.6) is 0 Å². The molecule has 0 aliphatic heterocycles. The lowest BCUT2D eigenvalue weighted by Gasteiger charge is -2.07. The Balaban J connectivity index is 1.46. The number of carbonyl (C=O) groups excluding carboxylic acids is 1. The highest BCUT2D eigenvalue weighted by Crippen LogP contribution is 2.11. The van der Waals surface area contributed by atoms with Crippen LogP contribution < -0.4 is 10.6 Å². The summed E-state index contributed by atoms with van der Waals surface area (Å²) in [6.45, 7) is 2.61. The van der Waals surface area contributed by atoms with Gasteiger partial charge in [-0.3, -0.25) is 4.79 Å². The Morgan fingerprint density at radius 1 is 1.16 bits per heavy atom. The zero-order valence-electron chi connectivity index (χ0n) is 14.0. The number of anilines is 2. The minimum atomic E-state index is -0.316. The third kappa shape index (κ3) is 4.91. The molecule has 0 atom stereocenters. The van der Waals surface area contributed by atoms with Crippen LogP contribution in [0.15, 0.2) is 59.3 Å². The minimum absolute atomic E-state index is 0.316. The molecule has 25 heavy (non-hydrogen) atoms. The lowest BCUT2D eigenvalue weighted by atomic mass is 10.1. The van der Waals surface area contributed by atoms with Crippen molar-refractivity contribution in [1.29, 1.82) is 0 Å². The van der Waals surface area contributed by atoms with E-state index in [1.807, 2.05) is 12.1 Å². The second-order valence-electron chi connectivity index (χ2n) is 5.72. The van der Waals surface area contributed by atoms with E-state index in [2.05, 4.69) is 45.0 Å². The van der Waals surface area contributed by atoms with Crippen LogP contribution in [0.2, 0.25) is 0 Å². The van der Waals surface area contributed by atoms with Gasteiger partial charge in [0.15, 0.2) is 5.82 Å². The molecule has 0 aliphatic carbocycles. The molecule has 1 amide bonds. The SMILES string of the molecule is Cc1cc(NC(=O)c2ccc(NCCCc3ccccc3)cn2)no1. The van der Waals surface area contributed by atoms with Gasteiger partial charge in [-0.1, -0.05) is 35.5 Å². The number of rotatable bonds is 7. The Morgan fingerprint density at radius 3 is 2.68 bits per heavy atom. The van der Waals surface area contributed by atoms with Crippen molar-refractivity contribution in [1.82, 2.24) is 10.1 Å². The third-order valence-electron chi connectivity index (χ3n) is 3.68. The van der Waals surface area contributed by atoms with Gasteiger partial charge in [-0.25, -0.2) is 4.98 Å². The summed E-state index contributed by atoms with van der Waals surface area (Å²) >= 11 is 0. The van der Waals surface area contributed by atoms with E-state index in [-0.39, 0.29) is 5.91 Å². The number of nitrogens with zero attached hydrogens (tertiary/aromatic N) is 2. The number of hydrogen-bond acceptors (Lipinski definition) is 5.